The van der Waals surface area contributed by atoms with Gasteiger partial charge < -0.3 is 20.9 Å². The average Bonchev–Trinajstić information content (AvgIpc) is 2.93. The molecular formula is C13H20N4O3S. The standard InChI is InChI=1S/C13H20N4O3S/c1-8-9-10(14)11(21-13(9)17(2)16-8)12(19)15-4-3-6-20-7-5-18/h18H,3-7,14H2,1-2H3,(H,15,19). The van der Waals surface area contributed by atoms with E-state index in [2.05, 4.69) is 10.4 Å². The molecule has 0 aromatic carbocycles. The monoisotopic (exact) mass is 312 g/mol. The SMILES string of the molecule is Cc1nn(C)c2sc(C(=O)NCCCOCCO)c(N)c12. The number of nitrogen functional groups attached to an aromatic ring is 1. The highest BCUT2D eigenvalue weighted by Crippen LogP contribution is 2.35. The van der Waals surface area contributed by atoms with E-state index < -0.39 is 0 Å². The summed E-state index contributed by atoms with van der Waals surface area (Å²) < 4.78 is 6.87. The largest absolute Gasteiger partial charge is 0.397 e. The molecule has 0 saturated carbocycles. The molecule has 2 aromatic heterocycles. The molecular weight excluding hydrogens is 292 g/mol. The number of aryl methyl sites for hydroxylation is 2. The Balaban J connectivity index is 1.97. The van der Waals surface area contributed by atoms with Crippen LogP contribution in [0.2, 0.25) is 0 Å². The fourth-order valence-corrected chi connectivity index (χ4v) is 3.22. The van der Waals surface area contributed by atoms with E-state index >= 15 is 0 Å². The summed E-state index contributed by atoms with van der Waals surface area (Å²) >= 11 is 1.35. The molecule has 1 amide bonds. The number of rotatable bonds is 7. The Kier molecular flexibility index (Phi) is 5.16. The molecule has 116 valence electrons. The molecule has 0 unspecified atom stereocenters. The van der Waals surface area contributed by atoms with Gasteiger partial charge in [-0.3, -0.25) is 9.48 Å². The Morgan fingerprint density at radius 1 is 1.52 bits per heavy atom. The van der Waals surface area contributed by atoms with E-state index in [1.807, 2.05) is 14.0 Å². The minimum atomic E-state index is -0.171. The molecule has 0 aliphatic rings. The minimum Gasteiger partial charge on any atom is -0.397 e. The van der Waals surface area contributed by atoms with Crippen LogP contribution in [-0.4, -0.2) is 47.2 Å². The van der Waals surface area contributed by atoms with Crippen LogP contribution >= 0.6 is 11.3 Å². The fourth-order valence-electron chi connectivity index (χ4n) is 2.12. The first-order valence-electron chi connectivity index (χ1n) is 6.74. The third kappa shape index (κ3) is 3.34. The Hall–Kier alpha value is -1.64. The summed E-state index contributed by atoms with van der Waals surface area (Å²) in [5, 5.41) is 16.5. The van der Waals surface area contributed by atoms with Gasteiger partial charge in [0.2, 0.25) is 0 Å². The molecule has 4 N–H and O–H groups in total. The summed E-state index contributed by atoms with van der Waals surface area (Å²) in [6.45, 7) is 3.23. The number of aliphatic hydroxyl groups is 1. The van der Waals surface area contributed by atoms with Gasteiger partial charge in [-0.25, -0.2) is 0 Å². The molecule has 2 heterocycles. The van der Waals surface area contributed by atoms with Crippen LogP contribution < -0.4 is 11.1 Å². The topological polar surface area (TPSA) is 102 Å². The van der Waals surface area contributed by atoms with Crippen molar-refractivity contribution in [3.8, 4) is 0 Å². The van der Waals surface area contributed by atoms with Crippen LogP contribution in [-0.2, 0) is 11.8 Å². The van der Waals surface area contributed by atoms with Crippen molar-refractivity contribution < 1.29 is 14.6 Å². The normalized spacial score (nSPS) is 11.2. The summed E-state index contributed by atoms with van der Waals surface area (Å²) in [5.74, 6) is -0.171. The molecule has 21 heavy (non-hydrogen) atoms. The first-order valence-corrected chi connectivity index (χ1v) is 7.56. The molecule has 0 aliphatic heterocycles. The van der Waals surface area contributed by atoms with Crippen molar-refractivity contribution in [2.24, 2.45) is 7.05 Å². The number of nitrogens with zero attached hydrogens (tertiary/aromatic N) is 2. The van der Waals surface area contributed by atoms with Gasteiger partial charge in [0.15, 0.2) is 0 Å². The van der Waals surface area contributed by atoms with E-state index in [1.165, 1.54) is 11.3 Å². The summed E-state index contributed by atoms with van der Waals surface area (Å²) in [7, 11) is 1.84. The molecule has 8 heteroatoms. The zero-order valence-corrected chi connectivity index (χ0v) is 13.0. The lowest BCUT2D eigenvalue weighted by Crippen LogP contribution is -2.25. The second kappa shape index (κ2) is 6.88. The Morgan fingerprint density at radius 3 is 2.95 bits per heavy atom. The Bertz CT molecular complexity index is 635. The van der Waals surface area contributed by atoms with Crippen LogP contribution in [0, 0.1) is 6.92 Å². The molecule has 2 rings (SSSR count). The number of aromatic nitrogens is 2. The van der Waals surface area contributed by atoms with Gasteiger partial charge in [0.05, 0.1) is 30.0 Å². The van der Waals surface area contributed by atoms with Crippen molar-refractivity contribution in [3.05, 3.63) is 10.6 Å². The predicted octanol–water partition coefficient (Wildman–Crippen LogP) is 0.654. The third-order valence-electron chi connectivity index (χ3n) is 3.08. The summed E-state index contributed by atoms with van der Waals surface area (Å²) in [5.41, 5.74) is 7.39. The number of thiophene rings is 1. The minimum absolute atomic E-state index is 0.0120. The number of ether oxygens (including phenoxy) is 1. The highest BCUT2D eigenvalue weighted by Gasteiger charge is 2.20. The molecule has 0 spiro atoms. The number of amides is 1. The highest BCUT2D eigenvalue weighted by atomic mass is 32.1. The molecule has 7 nitrogen and oxygen atoms in total. The van der Waals surface area contributed by atoms with E-state index in [9.17, 15) is 4.79 Å². The first-order chi connectivity index (χ1) is 10.1. The Labute approximate surface area is 126 Å². The van der Waals surface area contributed by atoms with Crippen molar-refractivity contribution >= 4 is 33.1 Å². The van der Waals surface area contributed by atoms with Crippen molar-refractivity contribution in [1.29, 1.82) is 0 Å². The molecule has 0 fully saturated rings. The number of nitrogens with two attached hydrogens (primary N) is 1. The van der Waals surface area contributed by atoms with Crippen LogP contribution in [0.3, 0.4) is 0 Å². The van der Waals surface area contributed by atoms with Crippen LogP contribution in [0.15, 0.2) is 0 Å². The second-order valence-corrected chi connectivity index (χ2v) is 5.68. The van der Waals surface area contributed by atoms with E-state index in [0.29, 0.717) is 36.7 Å². The van der Waals surface area contributed by atoms with Gasteiger partial charge in [0.1, 0.15) is 9.71 Å². The van der Waals surface area contributed by atoms with Gasteiger partial charge in [-0.2, -0.15) is 5.10 Å². The summed E-state index contributed by atoms with van der Waals surface area (Å²) in [6, 6.07) is 0. The lowest BCUT2D eigenvalue weighted by Gasteiger charge is -2.05. The van der Waals surface area contributed by atoms with Crippen LogP contribution in [0.1, 0.15) is 21.8 Å². The van der Waals surface area contributed by atoms with E-state index in [-0.39, 0.29) is 12.5 Å². The maximum atomic E-state index is 12.2. The molecule has 0 saturated heterocycles. The van der Waals surface area contributed by atoms with E-state index in [4.69, 9.17) is 15.6 Å². The molecule has 0 atom stereocenters. The van der Waals surface area contributed by atoms with Crippen LogP contribution in [0.25, 0.3) is 10.2 Å². The summed E-state index contributed by atoms with van der Waals surface area (Å²) in [6.07, 6.45) is 0.692. The number of hydrogen-bond donors (Lipinski definition) is 3. The number of fused-ring (bicyclic) bond motifs is 1. The molecule has 0 radical (unpaired) electrons. The zero-order valence-electron chi connectivity index (χ0n) is 12.2. The van der Waals surface area contributed by atoms with Crippen molar-refractivity contribution in [2.45, 2.75) is 13.3 Å². The van der Waals surface area contributed by atoms with Gasteiger partial charge in [-0.1, -0.05) is 0 Å². The maximum absolute atomic E-state index is 12.2. The van der Waals surface area contributed by atoms with Gasteiger partial charge >= 0.3 is 0 Å². The van der Waals surface area contributed by atoms with Gasteiger partial charge in [-0.05, 0) is 13.3 Å². The Morgan fingerprint density at radius 2 is 2.29 bits per heavy atom. The zero-order chi connectivity index (χ0) is 15.4. The molecule has 2 aromatic rings. The van der Waals surface area contributed by atoms with Crippen molar-refractivity contribution in [3.63, 3.8) is 0 Å². The predicted molar refractivity (Wildman–Crippen MR) is 82.6 cm³/mol. The molecule has 0 aliphatic carbocycles. The lowest BCUT2D eigenvalue weighted by atomic mass is 10.2. The van der Waals surface area contributed by atoms with Crippen molar-refractivity contribution in [2.75, 3.05) is 32.1 Å². The van der Waals surface area contributed by atoms with Gasteiger partial charge in [-0.15, -0.1) is 11.3 Å². The number of anilines is 1. The fraction of sp³-hybridized carbons (Fsp3) is 0.538. The number of carbonyl (C=O) groups excluding carboxylic acids is 1. The average molecular weight is 312 g/mol. The van der Waals surface area contributed by atoms with Crippen molar-refractivity contribution in [1.82, 2.24) is 15.1 Å². The maximum Gasteiger partial charge on any atom is 0.263 e. The number of hydrogen-bond acceptors (Lipinski definition) is 6. The third-order valence-corrected chi connectivity index (χ3v) is 4.35. The lowest BCUT2D eigenvalue weighted by molar-refractivity contribution is 0.0869. The summed E-state index contributed by atoms with van der Waals surface area (Å²) in [4.78, 5) is 13.6. The highest BCUT2D eigenvalue weighted by molar-refractivity contribution is 7.21. The van der Waals surface area contributed by atoms with E-state index in [1.54, 1.807) is 4.68 Å². The van der Waals surface area contributed by atoms with Crippen LogP contribution in [0.4, 0.5) is 5.69 Å². The van der Waals surface area contributed by atoms with Gasteiger partial charge in [0.25, 0.3) is 5.91 Å². The number of aliphatic hydroxyl groups excluding tert-OH is 1. The first kappa shape index (κ1) is 15.7. The number of carbonyl (C=O) groups is 1. The quantitative estimate of drug-likeness (QED) is 0.652. The number of nitrogens with one attached hydrogen (secondary N) is 1. The second-order valence-electron chi connectivity index (χ2n) is 4.68. The molecule has 0 bridgehead atoms. The van der Waals surface area contributed by atoms with E-state index in [0.717, 1.165) is 15.9 Å². The van der Waals surface area contributed by atoms with Gasteiger partial charge in [0, 0.05) is 20.2 Å². The van der Waals surface area contributed by atoms with Crippen LogP contribution in [0.5, 0.6) is 0 Å². The smallest absolute Gasteiger partial charge is 0.263 e.